The number of nitrogens with zero attached hydrogens (tertiary/aromatic N) is 2. The molecule has 4 heteroatoms. The van der Waals surface area contributed by atoms with E-state index in [4.69, 9.17) is 0 Å². The molecule has 100 valence electrons. The fourth-order valence-electron chi connectivity index (χ4n) is 2.49. The lowest BCUT2D eigenvalue weighted by Crippen LogP contribution is -2.51. The van der Waals surface area contributed by atoms with Gasteiger partial charge in [0.2, 0.25) is 0 Å². The van der Waals surface area contributed by atoms with Crippen LogP contribution in [0.3, 0.4) is 0 Å². The van der Waals surface area contributed by atoms with Crippen LogP contribution >= 0.6 is 0 Å². The van der Waals surface area contributed by atoms with Crippen molar-refractivity contribution in [1.82, 2.24) is 9.80 Å². The lowest BCUT2D eigenvalue weighted by molar-refractivity contribution is 0.0184. The van der Waals surface area contributed by atoms with Gasteiger partial charge in [-0.15, -0.1) is 0 Å². The van der Waals surface area contributed by atoms with Crippen molar-refractivity contribution in [3.8, 4) is 0 Å². The molecule has 17 heavy (non-hydrogen) atoms. The van der Waals surface area contributed by atoms with E-state index in [2.05, 4.69) is 9.80 Å². The van der Waals surface area contributed by atoms with Gasteiger partial charge in [-0.05, 0) is 18.8 Å². The summed E-state index contributed by atoms with van der Waals surface area (Å²) in [6.07, 6.45) is 2.85. The van der Waals surface area contributed by atoms with Crippen molar-refractivity contribution in [2.24, 2.45) is 11.3 Å². The predicted octanol–water partition coefficient (Wildman–Crippen LogP) is 0.00490. The number of aliphatic hydroxyl groups is 2. The van der Waals surface area contributed by atoms with Crippen LogP contribution < -0.4 is 0 Å². The molecular formula is C13H26N2O2. The Morgan fingerprint density at radius 3 is 2.00 bits per heavy atom. The highest BCUT2D eigenvalue weighted by Crippen LogP contribution is 2.30. The standard InChI is InChI=1S/C13H26N2O2/c1-13(10-16,11-17)9-15-6-4-14(5-7-15)8-12-2-3-12/h12,16-17H,2-11H2,1H3. The minimum atomic E-state index is -0.349. The van der Waals surface area contributed by atoms with E-state index in [1.165, 1.54) is 19.4 Å². The zero-order valence-electron chi connectivity index (χ0n) is 10.9. The van der Waals surface area contributed by atoms with Gasteiger partial charge in [-0.3, -0.25) is 0 Å². The highest BCUT2D eigenvalue weighted by molar-refractivity contribution is 4.83. The first-order valence-electron chi connectivity index (χ1n) is 6.82. The number of piperazine rings is 1. The molecule has 0 bridgehead atoms. The zero-order valence-corrected chi connectivity index (χ0v) is 10.9. The normalized spacial score (nSPS) is 24.2. The van der Waals surface area contributed by atoms with Gasteiger partial charge in [-0.1, -0.05) is 6.92 Å². The van der Waals surface area contributed by atoms with Crippen molar-refractivity contribution >= 4 is 0 Å². The van der Waals surface area contributed by atoms with Gasteiger partial charge in [0.1, 0.15) is 0 Å². The van der Waals surface area contributed by atoms with Gasteiger partial charge in [0.25, 0.3) is 0 Å². The summed E-state index contributed by atoms with van der Waals surface area (Å²) in [5.41, 5.74) is -0.349. The van der Waals surface area contributed by atoms with Crippen molar-refractivity contribution in [3.63, 3.8) is 0 Å². The molecule has 1 aliphatic heterocycles. The summed E-state index contributed by atoms with van der Waals surface area (Å²) in [4.78, 5) is 4.93. The summed E-state index contributed by atoms with van der Waals surface area (Å²) in [7, 11) is 0. The topological polar surface area (TPSA) is 46.9 Å². The fraction of sp³-hybridized carbons (Fsp3) is 1.00. The van der Waals surface area contributed by atoms with Gasteiger partial charge in [-0.2, -0.15) is 0 Å². The molecule has 1 heterocycles. The van der Waals surface area contributed by atoms with E-state index >= 15 is 0 Å². The molecule has 1 saturated carbocycles. The number of aliphatic hydroxyl groups excluding tert-OH is 2. The van der Waals surface area contributed by atoms with Gasteiger partial charge in [0.15, 0.2) is 0 Å². The second-order valence-corrected chi connectivity index (χ2v) is 6.15. The second kappa shape index (κ2) is 5.65. The van der Waals surface area contributed by atoms with E-state index in [9.17, 15) is 10.2 Å². The largest absolute Gasteiger partial charge is 0.396 e. The second-order valence-electron chi connectivity index (χ2n) is 6.15. The maximum absolute atomic E-state index is 9.30. The molecule has 1 aliphatic carbocycles. The van der Waals surface area contributed by atoms with Gasteiger partial charge in [-0.25, -0.2) is 0 Å². The first-order chi connectivity index (χ1) is 8.15. The van der Waals surface area contributed by atoms with Crippen LogP contribution in [0.15, 0.2) is 0 Å². The Morgan fingerprint density at radius 1 is 1.00 bits per heavy atom. The summed E-state index contributed by atoms with van der Waals surface area (Å²) < 4.78 is 0. The van der Waals surface area contributed by atoms with E-state index in [1.807, 2.05) is 6.92 Å². The molecule has 2 aliphatic rings. The van der Waals surface area contributed by atoms with Crippen molar-refractivity contribution in [2.45, 2.75) is 19.8 Å². The molecule has 2 rings (SSSR count). The molecule has 0 spiro atoms. The number of hydrogen-bond acceptors (Lipinski definition) is 4. The van der Waals surface area contributed by atoms with Gasteiger partial charge in [0.05, 0.1) is 13.2 Å². The summed E-state index contributed by atoms with van der Waals surface area (Å²) in [6.45, 7) is 8.58. The van der Waals surface area contributed by atoms with Crippen LogP contribution in [0.5, 0.6) is 0 Å². The van der Waals surface area contributed by atoms with E-state index < -0.39 is 0 Å². The first-order valence-corrected chi connectivity index (χ1v) is 6.82. The Balaban J connectivity index is 1.70. The van der Waals surface area contributed by atoms with E-state index in [0.717, 1.165) is 38.6 Å². The maximum atomic E-state index is 9.30. The molecule has 0 radical (unpaired) electrons. The van der Waals surface area contributed by atoms with Crippen LogP contribution in [0, 0.1) is 11.3 Å². The third-order valence-electron chi connectivity index (χ3n) is 4.05. The lowest BCUT2D eigenvalue weighted by atomic mass is 9.92. The average Bonchev–Trinajstić information content (AvgIpc) is 3.15. The monoisotopic (exact) mass is 242 g/mol. The van der Waals surface area contributed by atoms with Crippen LogP contribution in [0.4, 0.5) is 0 Å². The molecule has 2 N–H and O–H groups in total. The molecule has 0 aromatic carbocycles. The van der Waals surface area contributed by atoms with Crippen LogP contribution in [0.1, 0.15) is 19.8 Å². The Kier molecular flexibility index (Phi) is 4.42. The quantitative estimate of drug-likeness (QED) is 0.688. The summed E-state index contributed by atoms with van der Waals surface area (Å²) in [5.74, 6) is 0.974. The molecule has 4 nitrogen and oxygen atoms in total. The number of rotatable bonds is 6. The molecule has 1 saturated heterocycles. The van der Waals surface area contributed by atoms with Crippen LogP contribution in [0.25, 0.3) is 0 Å². The Bertz CT molecular complexity index is 232. The van der Waals surface area contributed by atoms with Crippen LogP contribution in [-0.2, 0) is 0 Å². The zero-order chi connectivity index (χ0) is 12.3. The predicted molar refractivity (Wildman–Crippen MR) is 67.9 cm³/mol. The maximum Gasteiger partial charge on any atom is 0.0519 e. The van der Waals surface area contributed by atoms with Crippen molar-refractivity contribution in [1.29, 1.82) is 0 Å². The van der Waals surface area contributed by atoms with Gasteiger partial charge >= 0.3 is 0 Å². The lowest BCUT2D eigenvalue weighted by Gasteiger charge is -2.39. The third-order valence-corrected chi connectivity index (χ3v) is 4.05. The highest BCUT2D eigenvalue weighted by Gasteiger charge is 2.29. The van der Waals surface area contributed by atoms with E-state index in [1.54, 1.807) is 0 Å². The minimum Gasteiger partial charge on any atom is -0.396 e. The smallest absolute Gasteiger partial charge is 0.0519 e. The van der Waals surface area contributed by atoms with Crippen molar-refractivity contribution in [2.75, 3.05) is 52.5 Å². The summed E-state index contributed by atoms with van der Waals surface area (Å²) in [6, 6.07) is 0. The van der Waals surface area contributed by atoms with Crippen molar-refractivity contribution in [3.05, 3.63) is 0 Å². The summed E-state index contributed by atoms with van der Waals surface area (Å²) in [5, 5.41) is 18.6. The van der Waals surface area contributed by atoms with E-state index in [0.29, 0.717) is 0 Å². The fourth-order valence-corrected chi connectivity index (χ4v) is 2.49. The molecule has 0 unspecified atom stereocenters. The number of hydrogen-bond donors (Lipinski definition) is 2. The van der Waals surface area contributed by atoms with Crippen molar-refractivity contribution < 1.29 is 10.2 Å². The molecule has 0 amide bonds. The molecular weight excluding hydrogens is 216 g/mol. The Morgan fingerprint density at radius 2 is 1.53 bits per heavy atom. The first kappa shape index (κ1) is 13.3. The third kappa shape index (κ3) is 3.91. The molecule has 0 atom stereocenters. The molecule has 0 aromatic rings. The Hall–Kier alpha value is -0.160. The minimum absolute atomic E-state index is 0.0613. The SMILES string of the molecule is CC(CO)(CO)CN1CCN(CC2CC2)CC1. The Labute approximate surface area is 104 Å². The molecule has 0 aromatic heterocycles. The molecule has 2 fully saturated rings. The highest BCUT2D eigenvalue weighted by atomic mass is 16.3. The van der Waals surface area contributed by atoms with Gasteiger partial charge in [0, 0.05) is 44.7 Å². The van der Waals surface area contributed by atoms with Crippen LogP contribution in [0.2, 0.25) is 0 Å². The average molecular weight is 242 g/mol. The summed E-state index contributed by atoms with van der Waals surface area (Å²) >= 11 is 0. The van der Waals surface area contributed by atoms with Crippen LogP contribution in [-0.4, -0.2) is 72.5 Å². The van der Waals surface area contributed by atoms with Gasteiger partial charge < -0.3 is 20.0 Å². The van der Waals surface area contributed by atoms with E-state index in [-0.39, 0.29) is 18.6 Å².